The van der Waals surface area contributed by atoms with Crippen molar-refractivity contribution in [3.8, 4) is 0 Å². The minimum absolute atomic E-state index is 0.0558. The molecule has 0 aromatic carbocycles. The molecular weight excluding hydrogens is 893 g/mol. The average Bonchev–Trinajstić information content (AvgIpc) is 3.25. The Morgan fingerprint density at radius 3 is 1.10 bits per heavy atom. The molecular formula is C51H90N4O14. The molecule has 0 bridgehead atoms. The Labute approximate surface area is 412 Å². The second-order valence-electron chi connectivity index (χ2n) is 20.6. The van der Waals surface area contributed by atoms with Gasteiger partial charge in [-0.1, -0.05) is 55.4 Å². The number of aliphatic carboxylic acids is 1. The number of Topliss-reactive ketones (excluding diaryl/α,β-unsaturated/α-hetero) is 2. The number of likely N-dealkylation sites (N-methyl/N-ethyl adjacent to an activating group) is 2. The number of esters is 4. The van der Waals surface area contributed by atoms with Crippen LogP contribution in [0.5, 0.6) is 0 Å². The van der Waals surface area contributed by atoms with Gasteiger partial charge in [0.1, 0.15) is 66.6 Å². The number of nitrogens with one attached hydrogen (secondary N) is 4. The van der Waals surface area contributed by atoms with Crippen molar-refractivity contribution >= 4 is 53.2 Å². The third-order valence-corrected chi connectivity index (χ3v) is 11.5. The van der Waals surface area contributed by atoms with Gasteiger partial charge in [-0.05, 0) is 136 Å². The van der Waals surface area contributed by atoms with Crippen molar-refractivity contribution in [3.63, 3.8) is 0 Å². The summed E-state index contributed by atoms with van der Waals surface area (Å²) in [5, 5.41) is 21.1. The zero-order chi connectivity index (χ0) is 52.9. The largest absolute Gasteiger partial charge is 0.481 e. The van der Waals surface area contributed by atoms with Crippen LogP contribution in [0.25, 0.3) is 0 Å². The fourth-order valence-corrected chi connectivity index (χ4v) is 7.42. The lowest BCUT2D eigenvalue weighted by Gasteiger charge is -2.30. The van der Waals surface area contributed by atoms with Gasteiger partial charge in [0.25, 0.3) is 0 Å². The van der Waals surface area contributed by atoms with Crippen LogP contribution < -0.4 is 21.3 Å². The molecule has 0 aromatic heterocycles. The molecule has 1 rings (SSSR count). The number of ether oxygens (including phenoxy) is 4. The average molecular weight is 983 g/mol. The van der Waals surface area contributed by atoms with Crippen molar-refractivity contribution in [3.05, 3.63) is 0 Å². The number of carboxylic acids is 1. The molecule has 5 unspecified atom stereocenters. The lowest BCUT2D eigenvalue weighted by atomic mass is 9.93. The van der Waals surface area contributed by atoms with E-state index < -0.39 is 60.6 Å². The van der Waals surface area contributed by atoms with E-state index >= 15 is 0 Å². The van der Waals surface area contributed by atoms with Crippen molar-refractivity contribution in [2.24, 2.45) is 29.1 Å². The van der Waals surface area contributed by atoms with E-state index in [1.54, 1.807) is 14.1 Å². The maximum Gasteiger partial charge on any atom is 0.328 e. The minimum atomic E-state index is -1.65. The quantitative estimate of drug-likeness (QED) is 0.0280. The predicted molar refractivity (Wildman–Crippen MR) is 262 cm³/mol. The van der Waals surface area contributed by atoms with Crippen molar-refractivity contribution in [1.82, 2.24) is 21.3 Å². The zero-order valence-corrected chi connectivity index (χ0v) is 44.3. The van der Waals surface area contributed by atoms with Crippen LogP contribution in [0.15, 0.2) is 0 Å². The number of unbranched alkanes of at least 4 members (excludes halogenated alkanes) is 2. The molecule has 0 heterocycles. The summed E-state index contributed by atoms with van der Waals surface area (Å²) in [6, 6.07) is -2.49. The maximum absolute atomic E-state index is 12.8. The third-order valence-electron chi connectivity index (χ3n) is 11.5. The minimum Gasteiger partial charge on any atom is -0.481 e. The van der Waals surface area contributed by atoms with Gasteiger partial charge in [-0.3, -0.25) is 24.0 Å². The van der Waals surface area contributed by atoms with Crippen molar-refractivity contribution in [2.45, 2.75) is 215 Å². The number of carbonyl (C=O) groups is 9. The lowest BCUT2D eigenvalue weighted by molar-refractivity contribution is -0.168. The van der Waals surface area contributed by atoms with Gasteiger partial charge in [0, 0.05) is 25.7 Å². The van der Waals surface area contributed by atoms with Crippen LogP contribution in [0.3, 0.4) is 0 Å². The molecule has 5 N–H and O–H groups in total. The highest BCUT2D eigenvalue weighted by Gasteiger charge is 2.39. The second kappa shape index (κ2) is 34.8. The summed E-state index contributed by atoms with van der Waals surface area (Å²) in [7, 11) is 3.39. The Balaban J connectivity index is 0.00000134. The number of hydrogen-bond donors (Lipinski definition) is 5. The summed E-state index contributed by atoms with van der Waals surface area (Å²) in [5.41, 5.74) is -1.65. The summed E-state index contributed by atoms with van der Waals surface area (Å²) in [5.74, 6) is -2.68. The topological polar surface area (TPSA) is 259 Å². The Hall–Kier alpha value is -4.45. The highest BCUT2D eigenvalue weighted by molar-refractivity contribution is 5.86. The van der Waals surface area contributed by atoms with Crippen molar-refractivity contribution in [2.75, 3.05) is 27.3 Å². The van der Waals surface area contributed by atoms with E-state index in [1.807, 2.05) is 41.5 Å². The number of rotatable bonds is 33. The first-order chi connectivity index (χ1) is 32.2. The van der Waals surface area contributed by atoms with Gasteiger partial charge in [-0.25, -0.2) is 9.59 Å². The second-order valence-corrected chi connectivity index (χ2v) is 20.6. The van der Waals surface area contributed by atoms with Gasteiger partial charge in [0.15, 0.2) is 0 Å². The van der Waals surface area contributed by atoms with Gasteiger partial charge in [-0.2, -0.15) is 0 Å². The van der Waals surface area contributed by atoms with E-state index in [2.05, 4.69) is 35.1 Å². The molecule has 0 aromatic rings. The number of hydrogen-bond acceptors (Lipinski definition) is 15. The SMILES string of the molecule is CNC(CC(C)C)C(=O)OC1CCC(OC(=O)C(CC(C)C)NC(=O)CCCCC(C)=O)CC1.CNC(CC(C)C)C(=O)OCC(C)(COC(=O)C(CC(C)C)NC(=O)CCCCC(C)=O)C(=O)O. The summed E-state index contributed by atoms with van der Waals surface area (Å²) in [6.07, 6.45) is 7.95. The molecule has 18 nitrogen and oxygen atoms in total. The van der Waals surface area contributed by atoms with E-state index in [4.69, 9.17) is 18.9 Å². The lowest BCUT2D eigenvalue weighted by Crippen LogP contribution is -2.46. The third kappa shape index (κ3) is 30.0. The smallest absolute Gasteiger partial charge is 0.328 e. The highest BCUT2D eigenvalue weighted by atomic mass is 16.6. The van der Waals surface area contributed by atoms with Crippen LogP contribution in [0.2, 0.25) is 0 Å². The number of carbonyl (C=O) groups excluding carboxylic acids is 8. The monoisotopic (exact) mass is 983 g/mol. The van der Waals surface area contributed by atoms with Gasteiger partial charge >= 0.3 is 29.8 Å². The summed E-state index contributed by atoms with van der Waals surface area (Å²) in [4.78, 5) is 109. The normalized spacial score (nSPS) is 17.3. The van der Waals surface area contributed by atoms with E-state index in [9.17, 15) is 48.3 Å². The van der Waals surface area contributed by atoms with Gasteiger partial charge in [0.2, 0.25) is 11.8 Å². The molecule has 0 aliphatic heterocycles. The molecule has 5 atom stereocenters. The van der Waals surface area contributed by atoms with Crippen LogP contribution in [0, 0.1) is 29.1 Å². The molecule has 18 heteroatoms. The van der Waals surface area contributed by atoms with E-state index in [0.717, 1.165) is 6.42 Å². The Morgan fingerprint density at radius 2 is 0.783 bits per heavy atom. The molecule has 398 valence electrons. The van der Waals surface area contributed by atoms with Crippen LogP contribution in [-0.2, 0) is 62.1 Å². The molecule has 0 radical (unpaired) electrons. The van der Waals surface area contributed by atoms with Crippen LogP contribution >= 0.6 is 0 Å². The van der Waals surface area contributed by atoms with E-state index in [0.29, 0.717) is 89.4 Å². The van der Waals surface area contributed by atoms with Crippen LogP contribution in [-0.4, -0.2) is 122 Å². The summed E-state index contributed by atoms with van der Waals surface area (Å²) >= 11 is 0. The molecule has 2 amide bonds. The molecule has 69 heavy (non-hydrogen) atoms. The molecule has 0 saturated heterocycles. The summed E-state index contributed by atoms with van der Waals surface area (Å²) < 4.78 is 22.0. The number of amides is 2. The van der Waals surface area contributed by atoms with Crippen LogP contribution in [0.4, 0.5) is 0 Å². The zero-order valence-electron chi connectivity index (χ0n) is 44.3. The summed E-state index contributed by atoms with van der Waals surface area (Å²) in [6.45, 7) is 19.2. The standard InChI is InChI=1S/C26H46N2O6.C25H44N2O8/c1-17(2)15-22(27-6)25(31)33-20-11-13-21(14-12-20)34-26(32)23(16-18(3)4)28-24(30)10-8-7-9-19(5)29;1-16(2)12-19(26-7)22(30)34-14-25(6,24(32)33)15-35-23(31)20(13-17(3)4)27-21(29)11-9-8-10-18(5)28/h17-18,20-23,27H,7-16H2,1-6H3,(H,28,30);16-17,19-20,26H,8-15H2,1-7H3,(H,27,29)(H,32,33). The maximum atomic E-state index is 12.8. The van der Waals surface area contributed by atoms with Crippen molar-refractivity contribution in [1.29, 1.82) is 0 Å². The Morgan fingerprint density at radius 1 is 0.493 bits per heavy atom. The first-order valence-corrected chi connectivity index (χ1v) is 25.1. The van der Waals surface area contributed by atoms with E-state index in [1.165, 1.54) is 20.8 Å². The first kappa shape index (κ1) is 64.5. The van der Waals surface area contributed by atoms with Gasteiger partial charge in [0.05, 0.1) is 0 Å². The molecule has 0 spiro atoms. The predicted octanol–water partition coefficient (Wildman–Crippen LogP) is 6.18. The van der Waals surface area contributed by atoms with Gasteiger partial charge in [-0.15, -0.1) is 0 Å². The Kier molecular flexibility index (Phi) is 32.5. The Bertz CT molecular complexity index is 1610. The van der Waals surface area contributed by atoms with Gasteiger partial charge < -0.3 is 54.9 Å². The number of ketones is 2. The fourth-order valence-electron chi connectivity index (χ4n) is 7.42. The molecule has 1 aliphatic carbocycles. The number of carboxylic acid groups (broad SMARTS) is 1. The first-order valence-electron chi connectivity index (χ1n) is 25.1. The molecule has 1 aliphatic rings. The fraction of sp³-hybridized carbons (Fsp3) is 0.824. The molecule has 1 fully saturated rings. The van der Waals surface area contributed by atoms with Crippen molar-refractivity contribution < 1.29 is 67.2 Å². The molecule has 1 saturated carbocycles. The van der Waals surface area contributed by atoms with E-state index in [-0.39, 0.29) is 78.2 Å². The highest BCUT2D eigenvalue weighted by Crippen LogP contribution is 2.26. The van der Waals surface area contributed by atoms with Crippen LogP contribution in [0.1, 0.15) is 179 Å².